The van der Waals surface area contributed by atoms with E-state index in [4.69, 9.17) is 9.47 Å². The molecule has 0 saturated carbocycles. The molecule has 0 saturated heterocycles. The van der Waals surface area contributed by atoms with Gasteiger partial charge in [-0.05, 0) is 30.8 Å². The van der Waals surface area contributed by atoms with Crippen molar-refractivity contribution in [1.82, 2.24) is 0 Å². The van der Waals surface area contributed by atoms with Gasteiger partial charge in [0.15, 0.2) is 0 Å². The highest BCUT2D eigenvalue weighted by molar-refractivity contribution is 7.99. The minimum absolute atomic E-state index is 0.419. The van der Waals surface area contributed by atoms with E-state index in [1.54, 1.807) is 0 Å². The molecular formula is C28H58O2S2. The van der Waals surface area contributed by atoms with E-state index in [2.05, 4.69) is 32.5 Å². The van der Waals surface area contributed by atoms with E-state index in [1.165, 1.54) is 121 Å². The number of rotatable bonds is 28. The summed E-state index contributed by atoms with van der Waals surface area (Å²) in [7, 11) is 0. The Hall–Kier alpha value is 0.620. The summed E-state index contributed by atoms with van der Waals surface area (Å²) >= 11 is 4.14. The molecule has 0 N–H and O–H groups in total. The molecule has 2 nitrogen and oxygen atoms in total. The van der Waals surface area contributed by atoms with Crippen LogP contribution in [0.5, 0.6) is 0 Å². The van der Waals surface area contributed by atoms with Gasteiger partial charge in [0.1, 0.15) is 0 Å². The smallest absolute Gasteiger partial charge is 0.0704 e. The zero-order chi connectivity index (χ0) is 23.4. The Labute approximate surface area is 211 Å². The van der Waals surface area contributed by atoms with Crippen LogP contribution in [0.2, 0.25) is 0 Å². The number of hydrogen-bond donors (Lipinski definition) is 0. The zero-order valence-corrected chi connectivity index (χ0v) is 23.8. The summed E-state index contributed by atoms with van der Waals surface area (Å²) < 4.78 is 12.1. The van der Waals surface area contributed by atoms with E-state index >= 15 is 0 Å². The largest absolute Gasteiger partial charge is 0.378 e. The van der Waals surface area contributed by atoms with Crippen LogP contribution in [0.15, 0.2) is 0 Å². The summed E-state index contributed by atoms with van der Waals surface area (Å²) in [5.41, 5.74) is 0. The highest BCUT2D eigenvalue weighted by Gasteiger charge is 2.09. The molecule has 0 rings (SSSR count). The first-order valence-electron chi connectivity index (χ1n) is 14.2. The van der Waals surface area contributed by atoms with Gasteiger partial charge in [-0.3, -0.25) is 0 Å². The fraction of sp³-hybridized carbons (Fsp3) is 1.00. The van der Waals surface area contributed by atoms with Crippen LogP contribution in [0.3, 0.4) is 0 Å². The van der Waals surface area contributed by atoms with Crippen LogP contribution in [0.25, 0.3) is 0 Å². The molecule has 0 spiro atoms. The Morgan fingerprint density at radius 3 is 1.66 bits per heavy atom. The molecule has 0 fully saturated rings. The summed E-state index contributed by atoms with van der Waals surface area (Å²) in [5.74, 6) is 4.87. The van der Waals surface area contributed by atoms with Gasteiger partial charge in [0.05, 0.1) is 25.9 Å². The van der Waals surface area contributed by atoms with Crippen molar-refractivity contribution >= 4 is 23.5 Å². The predicted molar refractivity (Wildman–Crippen MR) is 151 cm³/mol. The van der Waals surface area contributed by atoms with Crippen molar-refractivity contribution in [3.8, 4) is 0 Å². The molecule has 0 heterocycles. The molecule has 32 heavy (non-hydrogen) atoms. The number of hydrogen-bond acceptors (Lipinski definition) is 4. The lowest BCUT2D eigenvalue weighted by atomic mass is 10.1. The first-order chi connectivity index (χ1) is 15.8. The van der Waals surface area contributed by atoms with Crippen LogP contribution in [-0.2, 0) is 9.47 Å². The Bertz CT molecular complexity index is 329. The topological polar surface area (TPSA) is 18.5 Å². The molecule has 1 unspecified atom stereocenters. The third kappa shape index (κ3) is 26.9. The van der Waals surface area contributed by atoms with Crippen molar-refractivity contribution in [3.05, 3.63) is 0 Å². The second kappa shape index (κ2) is 29.7. The van der Waals surface area contributed by atoms with Crippen molar-refractivity contribution in [1.29, 1.82) is 0 Å². The molecule has 0 aromatic heterocycles. The Morgan fingerprint density at radius 2 is 1.03 bits per heavy atom. The fourth-order valence-electron chi connectivity index (χ4n) is 3.79. The maximum Gasteiger partial charge on any atom is 0.0704 e. The van der Waals surface area contributed by atoms with Crippen LogP contribution in [-0.4, -0.2) is 48.9 Å². The van der Waals surface area contributed by atoms with Crippen LogP contribution < -0.4 is 0 Å². The monoisotopic (exact) mass is 490 g/mol. The van der Waals surface area contributed by atoms with E-state index in [0.717, 1.165) is 31.3 Å². The first-order valence-corrected chi connectivity index (χ1v) is 16.5. The molecule has 0 aromatic carbocycles. The second-order valence-corrected chi connectivity index (χ2v) is 11.6. The average molecular weight is 491 g/mol. The van der Waals surface area contributed by atoms with Gasteiger partial charge in [0.25, 0.3) is 0 Å². The van der Waals surface area contributed by atoms with Gasteiger partial charge in [-0.2, -0.15) is 23.5 Å². The molecule has 0 bridgehead atoms. The van der Waals surface area contributed by atoms with Crippen molar-refractivity contribution in [2.45, 2.75) is 136 Å². The molecule has 0 aliphatic rings. The number of ether oxygens (including phenoxy) is 2. The van der Waals surface area contributed by atoms with Crippen LogP contribution in [0, 0.1) is 0 Å². The minimum Gasteiger partial charge on any atom is -0.378 e. The van der Waals surface area contributed by atoms with Crippen LogP contribution in [0.4, 0.5) is 0 Å². The lowest BCUT2D eigenvalue weighted by Crippen LogP contribution is -2.19. The number of unbranched alkanes of at least 4 members (excludes halogenated alkanes) is 13. The zero-order valence-electron chi connectivity index (χ0n) is 22.2. The maximum atomic E-state index is 6.25. The fourth-order valence-corrected chi connectivity index (χ4v) is 5.74. The normalized spacial score (nSPS) is 12.5. The predicted octanol–water partition coefficient (Wildman–Crippen LogP) is 9.55. The molecule has 194 valence electrons. The average Bonchev–Trinajstić information content (AvgIpc) is 2.80. The van der Waals surface area contributed by atoms with Gasteiger partial charge in [0.2, 0.25) is 0 Å². The lowest BCUT2D eigenvalue weighted by molar-refractivity contribution is 0.0138. The molecular weight excluding hydrogens is 432 g/mol. The van der Waals surface area contributed by atoms with Gasteiger partial charge in [-0.25, -0.2) is 0 Å². The molecule has 0 amide bonds. The summed E-state index contributed by atoms with van der Waals surface area (Å²) in [5, 5.41) is 0. The van der Waals surface area contributed by atoms with Gasteiger partial charge in [0, 0.05) is 11.5 Å². The molecule has 0 aromatic rings. The summed E-state index contributed by atoms with van der Waals surface area (Å²) in [4.78, 5) is 0. The minimum atomic E-state index is 0.419. The van der Waals surface area contributed by atoms with Gasteiger partial charge in [-0.1, -0.05) is 111 Å². The van der Waals surface area contributed by atoms with E-state index < -0.39 is 0 Å². The van der Waals surface area contributed by atoms with E-state index in [9.17, 15) is 0 Å². The van der Waals surface area contributed by atoms with E-state index in [1.807, 2.05) is 11.8 Å². The van der Waals surface area contributed by atoms with Gasteiger partial charge in [-0.15, -0.1) is 0 Å². The summed E-state index contributed by atoms with van der Waals surface area (Å²) in [6.07, 6.45) is 23.7. The number of thioether (sulfide) groups is 2. The molecule has 4 heteroatoms. The third-order valence-electron chi connectivity index (χ3n) is 5.92. The summed E-state index contributed by atoms with van der Waals surface area (Å²) in [6, 6.07) is 0. The lowest BCUT2D eigenvalue weighted by Gasteiger charge is -2.18. The first kappa shape index (κ1) is 32.6. The molecule has 1 atom stereocenters. The Balaban J connectivity index is 3.77. The molecule has 0 radical (unpaired) electrons. The SMILES string of the molecule is CCCCCCCCCCC(CSCCCCCC)OCCOCCSCCCCCC. The highest BCUT2D eigenvalue weighted by Crippen LogP contribution is 2.17. The quantitative estimate of drug-likeness (QED) is 0.102. The summed E-state index contributed by atoms with van der Waals surface area (Å²) in [6.45, 7) is 9.24. The van der Waals surface area contributed by atoms with Crippen molar-refractivity contribution in [2.24, 2.45) is 0 Å². The Morgan fingerprint density at radius 1 is 0.500 bits per heavy atom. The van der Waals surface area contributed by atoms with E-state index in [0.29, 0.717) is 6.10 Å². The van der Waals surface area contributed by atoms with Crippen molar-refractivity contribution in [3.63, 3.8) is 0 Å². The third-order valence-corrected chi connectivity index (χ3v) is 8.14. The second-order valence-electron chi connectivity index (χ2n) is 9.18. The van der Waals surface area contributed by atoms with Crippen molar-refractivity contribution < 1.29 is 9.47 Å². The van der Waals surface area contributed by atoms with Gasteiger partial charge < -0.3 is 9.47 Å². The van der Waals surface area contributed by atoms with Crippen LogP contribution >= 0.6 is 23.5 Å². The highest BCUT2D eigenvalue weighted by atomic mass is 32.2. The van der Waals surface area contributed by atoms with E-state index in [-0.39, 0.29) is 0 Å². The van der Waals surface area contributed by atoms with Gasteiger partial charge >= 0.3 is 0 Å². The Kier molecular flexibility index (Phi) is 30.2. The van der Waals surface area contributed by atoms with Crippen LogP contribution in [0.1, 0.15) is 130 Å². The molecule has 0 aliphatic heterocycles. The molecule has 0 aliphatic carbocycles. The van der Waals surface area contributed by atoms with Crippen molar-refractivity contribution in [2.75, 3.05) is 42.8 Å². The maximum absolute atomic E-state index is 6.25. The standard InChI is InChI=1S/C28H58O2S2/c1-4-7-10-13-14-15-16-17-20-28(27-32-25-19-12-9-6-3)30-22-21-29-23-26-31-24-18-11-8-5-2/h28H,4-27H2,1-3H3.